The summed E-state index contributed by atoms with van der Waals surface area (Å²) in [6, 6.07) is 3.58. The molecular formula is C18H25NO4. The van der Waals surface area contributed by atoms with E-state index < -0.39 is 5.97 Å². The van der Waals surface area contributed by atoms with Crippen LogP contribution in [0, 0.1) is 0 Å². The topological polar surface area (TPSA) is 77.8 Å². The van der Waals surface area contributed by atoms with E-state index in [1.165, 1.54) is 0 Å². The number of carboxylic acids is 1. The maximum absolute atomic E-state index is 11.1. The molecule has 1 aliphatic rings. The summed E-state index contributed by atoms with van der Waals surface area (Å²) in [5, 5.41) is 19.1. The number of hydrogen-bond donors (Lipinski definition) is 2. The number of phenolic OH excluding ortho intramolecular Hbond substituents is 1. The molecule has 2 N–H and O–H groups in total. The van der Waals surface area contributed by atoms with Crippen molar-refractivity contribution >= 4 is 17.9 Å². The van der Waals surface area contributed by atoms with E-state index >= 15 is 0 Å². The Bertz CT molecular complexity index is 595. The Kier molecular flexibility index (Phi) is 5.29. The van der Waals surface area contributed by atoms with Gasteiger partial charge in [-0.25, -0.2) is 0 Å². The van der Waals surface area contributed by atoms with Crippen molar-refractivity contribution in [1.82, 2.24) is 0 Å². The maximum Gasteiger partial charge on any atom is 0.303 e. The third-order valence-corrected chi connectivity index (χ3v) is 4.66. The predicted octanol–water partition coefficient (Wildman–Crippen LogP) is 3.34. The van der Waals surface area contributed by atoms with Crippen LogP contribution >= 0.6 is 0 Å². The van der Waals surface area contributed by atoms with Gasteiger partial charge >= 0.3 is 5.97 Å². The highest BCUT2D eigenvalue weighted by Crippen LogP contribution is 2.45. The minimum atomic E-state index is -0.749. The van der Waals surface area contributed by atoms with Gasteiger partial charge in [0.2, 0.25) is 0 Å². The van der Waals surface area contributed by atoms with Crippen LogP contribution in [-0.4, -0.2) is 35.6 Å². The molecule has 0 atom stereocenters. The van der Waals surface area contributed by atoms with Gasteiger partial charge in [0.1, 0.15) is 5.75 Å². The Morgan fingerprint density at radius 2 is 2.04 bits per heavy atom. The molecule has 0 radical (unpaired) electrons. The van der Waals surface area contributed by atoms with Crippen LogP contribution in [0.2, 0.25) is 0 Å². The number of carboxylic acid groups (broad SMARTS) is 1. The zero-order chi connectivity index (χ0) is 17.0. The van der Waals surface area contributed by atoms with Crippen molar-refractivity contribution in [2.75, 3.05) is 18.0 Å². The maximum atomic E-state index is 11.1. The zero-order valence-corrected chi connectivity index (χ0v) is 13.8. The molecule has 0 amide bonds. The number of hydrogen-bond acceptors (Lipinski definition) is 4. The van der Waals surface area contributed by atoms with Gasteiger partial charge in [-0.05, 0) is 36.8 Å². The van der Waals surface area contributed by atoms with Crippen molar-refractivity contribution in [3.05, 3.63) is 23.3 Å². The highest BCUT2D eigenvalue weighted by Gasteiger charge is 2.34. The fourth-order valence-corrected chi connectivity index (χ4v) is 3.27. The molecule has 0 aliphatic carbocycles. The molecule has 0 aromatic heterocycles. The number of anilines is 1. The van der Waals surface area contributed by atoms with Gasteiger partial charge in [0.25, 0.3) is 0 Å². The first-order valence-electron chi connectivity index (χ1n) is 8.15. The lowest BCUT2D eigenvalue weighted by Gasteiger charge is -2.41. The molecule has 1 heterocycles. The molecule has 0 saturated carbocycles. The molecule has 1 aliphatic heterocycles. The summed E-state index contributed by atoms with van der Waals surface area (Å²) < 4.78 is 0. The lowest BCUT2D eigenvalue weighted by molar-refractivity contribution is -0.137. The standard InChI is InChI=1S/C18H25NO4/c1-18(2)9-11-19(10-5-3-4-6-15(21)22)14-8-7-13(12-20)17(23)16(14)18/h7-8,12,23H,3-6,9-11H2,1-2H3,(H,21,22). The van der Waals surface area contributed by atoms with Gasteiger partial charge in [-0.3, -0.25) is 9.59 Å². The van der Waals surface area contributed by atoms with Crippen LogP contribution < -0.4 is 4.90 Å². The number of nitrogens with zero attached hydrogens (tertiary/aromatic N) is 1. The van der Waals surface area contributed by atoms with Crippen LogP contribution in [0.4, 0.5) is 5.69 Å². The molecular weight excluding hydrogens is 294 g/mol. The number of carbonyl (C=O) groups excluding carboxylic acids is 1. The number of aliphatic carboxylic acids is 1. The van der Waals surface area contributed by atoms with E-state index in [9.17, 15) is 14.7 Å². The van der Waals surface area contributed by atoms with Gasteiger partial charge in [-0.1, -0.05) is 20.3 Å². The highest BCUT2D eigenvalue weighted by atomic mass is 16.4. The van der Waals surface area contributed by atoms with Crippen molar-refractivity contribution in [2.24, 2.45) is 0 Å². The number of carbonyl (C=O) groups is 2. The first-order chi connectivity index (χ1) is 10.9. The van der Waals surface area contributed by atoms with E-state index in [4.69, 9.17) is 5.11 Å². The second kappa shape index (κ2) is 7.02. The Labute approximate surface area is 136 Å². The van der Waals surface area contributed by atoms with Crippen LogP contribution in [0.3, 0.4) is 0 Å². The SMILES string of the molecule is CC1(C)CCN(CCCCCC(=O)O)c2ccc(C=O)c(O)c21. The fraction of sp³-hybridized carbons (Fsp3) is 0.556. The molecule has 5 nitrogen and oxygen atoms in total. The summed E-state index contributed by atoms with van der Waals surface area (Å²) in [5.41, 5.74) is 2.00. The first kappa shape index (κ1) is 17.3. The summed E-state index contributed by atoms with van der Waals surface area (Å²) in [6.45, 7) is 5.91. The number of unbranched alkanes of at least 4 members (excludes halogenated alkanes) is 2. The Morgan fingerprint density at radius 3 is 2.70 bits per heavy atom. The lowest BCUT2D eigenvalue weighted by atomic mass is 9.76. The second-order valence-corrected chi connectivity index (χ2v) is 6.84. The second-order valence-electron chi connectivity index (χ2n) is 6.84. The van der Waals surface area contributed by atoms with E-state index in [0.29, 0.717) is 18.3 Å². The van der Waals surface area contributed by atoms with Gasteiger partial charge in [0.05, 0.1) is 5.56 Å². The van der Waals surface area contributed by atoms with Gasteiger partial charge in [-0.15, -0.1) is 0 Å². The predicted molar refractivity (Wildman–Crippen MR) is 89.5 cm³/mol. The van der Waals surface area contributed by atoms with Crippen molar-refractivity contribution in [3.8, 4) is 5.75 Å². The Morgan fingerprint density at radius 1 is 1.30 bits per heavy atom. The quantitative estimate of drug-likeness (QED) is 0.595. The number of fused-ring (bicyclic) bond motifs is 1. The number of benzene rings is 1. The van der Waals surface area contributed by atoms with Crippen molar-refractivity contribution in [2.45, 2.75) is 51.4 Å². The van der Waals surface area contributed by atoms with Crippen molar-refractivity contribution < 1.29 is 19.8 Å². The smallest absolute Gasteiger partial charge is 0.303 e. The first-order valence-corrected chi connectivity index (χ1v) is 8.15. The lowest BCUT2D eigenvalue weighted by Crippen LogP contribution is -2.38. The Hall–Kier alpha value is -2.04. The summed E-state index contributed by atoms with van der Waals surface area (Å²) in [6.07, 6.45) is 4.30. The molecule has 2 rings (SSSR count). The van der Waals surface area contributed by atoms with E-state index in [2.05, 4.69) is 18.7 Å². The minimum Gasteiger partial charge on any atom is -0.507 e. The van der Waals surface area contributed by atoms with Gasteiger partial charge in [0.15, 0.2) is 6.29 Å². The highest BCUT2D eigenvalue weighted by molar-refractivity contribution is 5.83. The molecule has 23 heavy (non-hydrogen) atoms. The molecule has 5 heteroatoms. The third-order valence-electron chi connectivity index (χ3n) is 4.66. The molecule has 0 saturated heterocycles. The number of rotatable bonds is 7. The molecule has 0 spiro atoms. The van der Waals surface area contributed by atoms with E-state index in [1.807, 2.05) is 6.07 Å². The monoisotopic (exact) mass is 319 g/mol. The summed E-state index contributed by atoms with van der Waals surface area (Å²) in [7, 11) is 0. The molecule has 1 aromatic rings. The summed E-state index contributed by atoms with van der Waals surface area (Å²) in [4.78, 5) is 23.8. The number of aromatic hydroxyl groups is 1. The van der Waals surface area contributed by atoms with Crippen molar-refractivity contribution in [1.29, 1.82) is 0 Å². The van der Waals surface area contributed by atoms with E-state index in [1.54, 1.807) is 6.07 Å². The molecule has 0 fully saturated rings. The fourth-order valence-electron chi connectivity index (χ4n) is 3.27. The van der Waals surface area contributed by atoms with Crippen LogP contribution in [0.15, 0.2) is 12.1 Å². The van der Waals surface area contributed by atoms with Crippen LogP contribution in [0.5, 0.6) is 5.75 Å². The van der Waals surface area contributed by atoms with Gasteiger partial charge in [0, 0.05) is 30.8 Å². The summed E-state index contributed by atoms with van der Waals surface area (Å²) >= 11 is 0. The molecule has 1 aromatic carbocycles. The normalized spacial score (nSPS) is 16.0. The molecule has 126 valence electrons. The number of phenols is 1. The average molecular weight is 319 g/mol. The summed E-state index contributed by atoms with van der Waals surface area (Å²) in [5.74, 6) is -0.653. The minimum absolute atomic E-state index is 0.0954. The zero-order valence-electron chi connectivity index (χ0n) is 13.8. The average Bonchev–Trinajstić information content (AvgIpc) is 2.48. The van der Waals surface area contributed by atoms with E-state index in [0.717, 1.165) is 43.6 Å². The van der Waals surface area contributed by atoms with Crippen LogP contribution in [0.25, 0.3) is 0 Å². The van der Waals surface area contributed by atoms with Crippen LogP contribution in [0.1, 0.15) is 61.9 Å². The number of aldehydes is 1. The van der Waals surface area contributed by atoms with Gasteiger partial charge in [-0.2, -0.15) is 0 Å². The molecule has 0 bridgehead atoms. The van der Waals surface area contributed by atoms with Crippen molar-refractivity contribution in [3.63, 3.8) is 0 Å². The Balaban J connectivity index is 2.12. The molecule has 0 unspecified atom stereocenters. The third kappa shape index (κ3) is 3.84. The van der Waals surface area contributed by atoms with Crippen LogP contribution in [-0.2, 0) is 10.2 Å². The largest absolute Gasteiger partial charge is 0.507 e. The van der Waals surface area contributed by atoms with Gasteiger partial charge < -0.3 is 15.1 Å². The van der Waals surface area contributed by atoms with E-state index in [-0.39, 0.29) is 17.6 Å².